The standard InChI is InChI=1S/C22H30N2O3/c1-24-17(9-14-6-4-3-5-7-14)18(25)19-21(20(26)27-2)10-15-8-16(11-21)13-22(19,23)12-15/h3-7,15-17,19,24H,8-13,23H2,1-2H3/t15?,16?,17-,19?,21?,22?/m0/s1. The lowest BCUT2D eigenvalue weighted by Crippen LogP contribution is -2.72. The Morgan fingerprint density at radius 2 is 1.81 bits per heavy atom. The third-order valence-electron chi connectivity index (χ3n) is 7.29. The average molecular weight is 370 g/mol. The molecule has 4 fully saturated rings. The molecule has 4 aliphatic rings. The van der Waals surface area contributed by atoms with Crippen molar-refractivity contribution < 1.29 is 14.3 Å². The molecule has 0 radical (unpaired) electrons. The fourth-order valence-corrected chi connectivity index (χ4v) is 6.68. The van der Waals surface area contributed by atoms with E-state index >= 15 is 0 Å². The molecule has 4 bridgehead atoms. The molecular formula is C22H30N2O3. The van der Waals surface area contributed by atoms with Crippen LogP contribution in [0.4, 0.5) is 0 Å². The Morgan fingerprint density at radius 1 is 1.19 bits per heavy atom. The molecule has 0 spiro atoms. The second kappa shape index (κ2) is 6.71. The van der Waals surface area contributed by atoms with Gasteiger partial charge in [-0.15, -0.1) is 0 Å². The Bertz CT molecular complexity index is 718. The highest BCUT2D eigenvalue weighted by Gasteiger charge is 2.68. The van der Waals surface area contributed by atoms with Gasteiger partial charge in [-0.2, -0.15) is 0 Å². The van der Waals surface area contributed by atoms with E-state index in [2.05, 4.69) is 5.32 Å². The number of carbonyl (C=O) groups is 2. The number of nitrogens with one attached hydrogen (secondary N) is 1. The quantitative estimate of drug-likeness (QED) is 0.750. The van der Waals surface area contributed by atoms with E-state index in [-0.39, 0.29) is 17.8 Å². The Labute approximate surface area is 161 Å². The summed E-state index contributed by atoms with van der Waals surface area (Å²) in [5, 5.41) is 3.19. The molecule has 0 heterocycles. The van der Waals surface area contributed by atoms with Gasteiger partial charge in [-0.1, -0.05) is 30.3 Å². The van der Waals surface area contributed by atoms with Crippen molar-refractivity contribution in [3.8, 4) is 0 Å². The molecule has 0 aromatic heterocycles. The lowest BCUT2D eigenvalue weighted by atomic mass is 9.41. The Balaban J connectivity index is 1.68. The number of carbonyl (C=O) groups excluding carboxylic acids is 2. The van der Waals surface area contributed by atoms with Crippen LogP contribution < -0.4 is 11.1 Å². The number of hydrogen-bond donors (Lipinski definition) is 2. The Morgan fingerprint density at radius 3 is 2.37 bits per heavy atom. The van der Waals surface area contributed by atoms with Gasteiger partial charge >= 0.3 is 5.97 Å². The largest absolute Gasteiger partial charge is 0.469 e. The van der Waals surface area contributed by atoms with E-state index < -0.39 is 16.9 Å². The molecule has 5 nitrogen and oxygen atoms in total. The number of esters is 1. The predicted octanol–water partition coefficient (Wildman–Crippen LogP) is 2.08. The first-order chi connectivity index (χ1) is 12.9. The summed E-state index contributed by atoms with van der Waals surface area (Å²) in [6, 6.07) is 9.65. The molecule has 0 aliphatic heterocycles. The van der Waals surface area contributed by atoms with Crippen LogP contribution in [-0.2, 0) is 20.7 Å². The van der Waals surface area contributed by atoms with Crippen molar-refractivity contribution in [3.05, 3.63) is 35.9 Å². The molecule has 4 atom stereocenters. The van der Waals surface area contributed by atoms with Crippen molar-refractivity contribution in [1.82, 2.24) is 5.32 Å². The van der Waals surface area contributed by atoms with Gasteiger partial charge in [0.25, 0.3) is 0 Å². The topological polar surface area (TPSA) is 81.4 Å². The van der Waals surface area contributed by atoms with Gasteiger partial charge < -0.3 is 15.8 Å². The van der Waals surface area contributed by atoms with Gasteiger partial charge in [0.1, 0.15) is 0 Å². The Kier molecular flexibility index (Phi) is 4.63. The van der Waals surface area contributed by atoms with Gasteiger partial charge in [0, 0.05) is 5.54 Å². The van der Waals surface area contributed by atoms with Gasteiger partial charge in [-0.25, -0.2) is 0 Å². The van der Waals surface area contributed by atoms with E-state index in [0.29, 0.717) is 18.3 Å². The van der Waals surface area contributed by atoms with Crippen LogP contribution >= 0.6 is 0 Å². The number of ether oxygens (including phenoxy) is 1. The lowest BCUT2D eigenvalue weighted by Gasteiger charge is -2.63. The zero-order valence-corrected chi connectivity index (χ0v) is 16.2. The van der Waals surface area contributed by atoms with Crippen LogP contribution in [0.25, 0.3) is 0 Å². The van der Waals surface area contributed by atoms with Crippen LogP contribution in [-0.4, -0.2) is 37.5 Å². The smallest absolute Gasteiger partial charge is 0.312 e. The summed E-state index contributed by atoms with van der Waals surface area (Å²) in [6.45, 7) is 0. The highest BCUT2D eigenvalue weighted by Crippen LogP contribution is 2.64. The van der Waals surface area contributed by atoms with Crippen molar-refractivity contribution in [2.24, 2.45) is 28.9 Å². The van der Waals surface area contributed by atoms with Crippen molar-refractivity contribution >= 4 is 11.8 Å². The highest BCUT2D eigenvalue weighted by atomic mass is 16.5. The van der Waals surface area contributed by atoms with Crippen LogP contribution in [0.5, 0.6) is 0 Å². The summed E-state index contributed by atoms with van der Waals surface area (Å²) >= 11 is 0. The molecule has 1 aromatic rings. The van der Waals surface area contributed by atoms with Gasteiger partial charge in [0.05, 0.1) is 24.5 Å². The molecule has 3 N–H and O–H groups in total. The third-order valence-corrected chi connectivity index (χ3v) is 7.29. The first-order valence-corrected chi connectivity index (χ1v) is 10.0. The molecular weight excluding hydrogens is 340 g/mol. The van der Waals surface area contributed by atoms with E-state index in [0.717, 1.165) is 37.7 Å². The number of benzene rings is 1. The van der Waals surface area contributed by atoms with Gasteiger partial charge in [0.15, 0.2) is 5.78 Å². The third kappa shape index (κ3) is 2.92. The molecule has 146 valence electrons. The summed E-state index contributed by atoms with van der Waals surface area (Å²) < 4.78 is 5.23. The molecule has 5 heteroatoms. The normalized spacial score (nSPS) is 37.8. The minimum absolute atomic E-state index is 0.0769. The number of nitrogens with two attached hydrogens (primary N) is 1. The number of Topliss-reactive ketones (excluding diaryl/α,β-unsaturated/α-hetero) is 1. The van der Waals surface area contributed by atoms with E-state index in [1.165, 1.54) is 7.11 Å². The maximum atomic E-state index is 13.7. The Hall–Kier alpha value is -1.72. The molecule has 4 saturated carbocycles. The molecule has 0 amide bonds. The van der Waals surface area contributed by atoms with Crippen LogP contribution in [0.3, 0.4) is 0 Å². The van der Waals surface area contributed by atoms with Crippen molar-refractivity contribution in [2.45, 2.75) is 50.1 Å². The highest BCUT2D eigenvalue weighted by molar-refractivity contribution is 5.94. The number of methoxy groups -OCH3 is 1. The fourth-order valence-electron chi connectivity index (χ4n) is 6.68. The second-order valence-corrected chi connectivity index (χ2v) is 9.03. The minimum atomic E-state index is -0.740. The number of hydrogen-bond acceptors (Lipinski definition) is 5. The number of likely N-dealkylation sites (N-methyl/N-ethyl adjacent to an activating group) is 1. The maximum Gasteiger partial charge on any atom is 0.312 e. The second-order valence-electron chi connectivity index (χ2n) is 9.03. The van der Waals surface area contributed by atoms with Crippen LogP contribution in [0.1, 0.15) is 37.7 Å². The fraction of sp³-hybridized carbons (Fsp3) is 0.636. The summed E-state index contributed by atoms with van der Waals surface area (Å²) in [4.78, 5) is 26.7. The summed E-state index contributed by atoms with van der Waals surface area (Å²) in [7, 11) is 3.25. The van der Waals surface area contributed by atoms with Crippen LogP contribution in [0.2, 0.25) is 0 Å². The number of ketones is 1. The summed E-state index contributed by atoms with van der Waals surface area (Å²) in [5.74, 6) is 0.249. The SMILES string of the molecule is CN[C@@H](Cc1ccccc1)C(=O)C1C2(N)CC3CC(C2)CC1(C(=O)OC)C3. The molecule has 1 aromatic carbocycles. The average Bonchev–Trinajstić information content (AvgIpc) is 2.64. The van der Waals surface area contributed by atoms with E-state index in [4.69, 9.17) is 10.5 Å². The van der Waals surface area contributed by atoms with Crippen molar-refractivity contribution in [1.29, 1.82) is 0 Å². The molecule has 3 unspecified atom stereocenters. The molecule has 27 heavy (non-hydrogen) atoms. The summed E-state index contributed by atoms with van der Waals surface area (Å²) in [6.07, 6.45) is 4.92. The van der Waals surface area contributed by atoms with Gasteiger partial charge in [0.2, 0.25) is 0 Å². The van der Waals surface area contributed by atoms with Crippen LogP contribution in [0, 0.1) is 23.2 Å². The zero-order valence-electron chi connectivity index (χ0n) is 16.2. The molecule has 5 rings (SSSR count). The van der Waals surface area contributed by atoms with Gasteiger partial charge in [-0.05, 0) is 63.0 Å². The minimum Gasteiger partial charge on any atom is -0.469 e. The first-order valence-electron chi connectivity index (χ1n) is 10.0. The molecule has 4 aliphatic carbocycles. The zero-order chi connectivity index (χ0) is 19.2. The van der Waals surface area contributed by atoms with Crippen molar-refractivity contribution in [3.63, 3.8) is 0 Å². The first kappa shape index (κ1) is 18.6. The van der Waals surface area contributed by atoms with E-state index in [9.17, 15) is 9.59 Å². The number of rotatable bonds is 6. The lowest BCUT2D eigenvalue weighted by molar-refractivity contribution is -0.188. The molecule has 0 saturated heterocycles. The van der Waals surface area contributed by atoms with Crippen molar-refractivity contribution in [2.75, 3.05) is 14.2 Å². The van der Waals surface area contributed by atoms with Gasteiger partial charge in [-0.3, -0.25) is 9.59 Å². The van der Waals surface area contributed by atoms with Crippen LogP contribution in [0.15, 0.2) is 30.3 Å². The maximum absolute atomic E-state index is 13.7. The van der Waals surface area contributed by atoms with E-state index in [1.807, 2.05) is 37.4 Å². The summed E-state index contributed by atoms with van der Waals surface area (Å²) in [5.41, 5.74) is 6.66. The predicted molar refractivity (Wildman–Crippen MR) is 103 cm³/mol. The monoisotopic (exact) mass is 370 g/mol. The van der Waals surface area contributed by atoms with E-state index in [1.54, 1.807) is 0 Å².